The van der Waals surface area contributed by atoms with Gasteiger partial charge in [0.15, 0.2) is 5.78 Å². The van der Waals surface area contributed by atoms with E-state index in [-0.39, 0.29) is 16.8 Å². The number of pyridine rings is 1. The fourth-order valence-electron chi connectivity index (χ4n) is 2.10. The molecule has 2 aromatic carbocycles. The molecule has 1 heterocycles. The van der Waals surface area contributed by atoms with Crippen molar-refractivity contribution in [2.45, 2.75) is 0 Å². The van der Waals surface area contributed by atoms with Crippen molar-refractivity contribution in [2.75, 3.05) is 0 Å². The Labute approximate surface area is 123 Å². The van der Waals surface area contributed by atoms with Gasteiger partial charge in [-0.05, 0) is 18.2 Å². The van der Waals surface area contributed by atoms with Crippen molar-refractivity contribution in [3.05, 3.63) is 80.6 Å². The number of carbonyl (C=O) groups excluding carboxylic acids is 1. The van der Waals surface area contributed by atoms with E-state index in [4.69, 9.17) is 0 Å². The van der Waals surface area contributed by atoms with Gasteiger partial charge >= 0.3 is 0 Å². The number of rotatable bonds is 2. The molecule has 1 aromatic heterocycles. The van der Waals surface area contributed by atoms with Crippen LogP contribution in [-0.4, -0.2) is 10.8 Å². The maximum Gasteiger partial charge on any atom is 0.200 e. The fourth-order valence-corrected chi connectivity index (χ4v) is 2.47. The predicted molar refractivity (Wildman–Crippen MR) is 82.1 cm³/mol. The van der Waals surface area contributed by atoms with E-state index in [0.29, 0.717) is 16.5 Å². The normalized spacial score (nSPS) is 10.7. The number of hydrogen-bond acceptors (Lipinski definition) is 2. The lowest BCUT2D eigenvalue weighted by Crippen LogP contribution is -2.16. The van der Waals surface area contributed by atoms with Crippen molar-refractivity contribution in [1.82, 2.24) is 4.98 Å². The average molecular weight is 328 g/mol. The molecule has 3 aromatic rings. The molecule has 0 atom stereocenters. The minimum absolute atomic E-state index is 0.154. The maximum absolute atomic E-state index is 12.4. The zero-order chi connectivity index (χ0) is 14.1. The summed E-state index contributed by atoms with van der Waals surface area (Å²) in [5.41, 5.74) is 1.12. The van der Waals surface area contributed by atoms with Gasteiger partial charge < -0.3 is 4.98 Å². The van der Waals surface area contributed by atoms with Crippen LogP contribution >= 0.6 is 15.9 Å². The van der Waals surface area contributed by atoms with Gasteiger partial charge in [-0.2, -0.15) is 0 Å². The SMILES string of the molecule is O=C(c1ccccc1)c1c[nH]c2ccc(Br)cc2c1=O. The van der Waals surface area contributed by atoms with Crippen molar-refractivity contribution in [1.29, 1.82) is 0 Å². The molecule has 0 saturated carbocycles. The Hall–Kier alpha value is -2.20. The van der Waals surface area contributed by atoms with Gasteiger partial charge in [0, 0.05) is 27.1 Å². The molecule has 0 spiro atoms. The predicted octanol–water partition coefficient (Wildman–Crippen LogP) is 3.52. The molecule has 0 aliphatic heterocycles. The molecule has 4 heteroatoms. The highest BCUT2D eigenvalue weighted by atomic mass is 79.9. The summed E-state index contributed by atoms with van der Waals surface area (Å²) in [4.78, 5) is 27.8. The molecule has 0 saturated heterocycles. The summed E-state index contributed by atoms with van der Waals surface area (Å²) in [6.45, 7) is 0. The van der Waals surface area contributed by atoms with E-state index >= 15 is 0 Å². The van der Waals surface area contributed by atoms with E-state index in [1.165, 1.54) is 6.20 Å². The first kappa shape index (κ1) is 12.8. The van der Waals surface area contributed by atoms with Crippen molar-refractivity contribution in [2.24, 2.45) is 0 Å². The lowest BCUT2D eigenvalue weighted by Gasteiger charge is -2.03. The van der Waals surface area contributed by atoms with Gasteiger partial charge in [0.2, 0.25) is 5.43 Å². The van der Waals surface area contributed by atoms with Crippen LogP contribution in [0.5, 0.6) is 0 Å². The average Bonchev–Trinajstić information content (AvgIpc) is 2.48. The summed E-state index contributed by atoms with van der Waals surface area (Å²) in [5.74, 6) is -0.270. The van der Waals surface area contributed by atoms with E-state index in [1.54, 1.807) is 36.4 Å². The Bertz CT molecular complexity index is 853. The summed E-state index contributed by atoms with van der Waals surface area (Å²) in [6.07, 6.45) is 1.48. The second-order valence-corrected chi connectivity index (χ2v) is 5.33. The molecule has 0 radical (unpaired) electrons. The number of ketones is 1. The summed E-state index contributed by atoms with van der Waals surface area (Å²) >= 11 is 3.34. The Morgan fingerprint density at radius 3 is 2.55 bits per heavy atom. The van der Waals surface area contributed by atoms with E-state index in [2.05, 4.69) is 20.9 Å². The molecule has 0 fully saturated rings. The zero-order valence-electron chi connectivity index (χ0n) is 10.4. The molecular formula is C16H10BrNO2. The van der Waals surface area contributed by atoms with Crippen LogP contribution in [0, 0.1) is 0 Å². The van der Waals surface area contributed by atoms with Crippen LogP contribution in [0.2, 0.25) is 0 Å². The van der Waals surface area contributed by atoms with Crippen LogP contribution in [0.1, 0.15) is 15.9 Å². The van der Waals surface area contributed by atoms with Crippen LogP contribution in [0.25, 0.3) is 10.9 Å². The molecule has 0 bridgehead atoms. The van der Waals surface area contributed by atoms with Gasteiger partial charge in [0.1, 0.15) is 0 Å². The maximum atomic E-state index is 12.4. The number of carbonyl (C=O) groups is 1. The lowest BCUT2D eigenvalue weighted by atomic mass is 10.0. The summed E-state index contributed by atoms with van der Waals surface area (Å²) in [5, 5.41) is 0.501. The first-order valence-electron chi connectivity index (χ1n) is 6.07. The summed E-state index contributed by atoms with van der Waals surface area (Å²) in [7, 11) is 0. The number of aromatic nitrogens is 1. The third kappa shape index (κ3) is 2.18. The van der Waals surface area contributed by atoms with E-state index in [1.807, 2.05) is 12.1 Å². The molecule has 0 amide bonds. The molecule has 98 valence electrons. The summed E-state index contributed by atoms with van der Waals surface area (Å²) < 4.78 is 0.805. The lowest BCUT2D eigenvalue weighted by molar-refractivity contribution is 0.103. The second kappa shape index (κ2) is 5.06. The van der Waals surface area contributed by atoms with Crippen molar-refractivity contribution in [3.8, 4) is 0 Å². The van der Waals surface area contributed by atoms with Crippen LogP contribution in [0.3, 0.4) is 0 Å². The number of benzene rings is 2. The number of nitrogens with one attached hydrogen (secondary N) is 1. The van der Waals surface area contributed by atoms with Crippen LogP contribution in [0.15, 0.2) is 64.0 Å². The highest BCUT2D eigenvalue weighted by Crippen LogP contribution is 2.16. The first-order valence-corrected chi connectivity index (χ1v) is 6.87. The first-order chi connectivity index (χ1) is 9.66. The van der Waals surface area contributed by atoms with Gasteiger partial charge in [-0.25, -0.2) is 0 Å². The molecule has 3 rings (SSSR count). The minimum atomic E-state index is -0.270. The van der Waals surface area contributed by atoms with E-state index in [0.717, 1.165) is 4.47 Å². The third-order valence-electron chi connectivity index (χ3n) is 3.12. The van der Waals surface area contributed by atoms with Gasteiger partial charge in [0.05, 0.1) is 5.56 Å². The van der Waals surface area contributed by atoms with Crippen molar-refractivity contribution in [3.63, 3.8) is 0 Å². The van der Waals surface area contributed by atoms with E-state index in [9.17, 15) is 9.59 Å². The molecule has 0 aliphatic rings. The standard InChI is InChI=1S/C16H10BrNO2/c17-11-6-7-14-12(8-11)16(20)13(9-18-14)15(19)10-4-2-1-3-5-10/h1-9H,(H,18,20). The minimum Gasteiger partial charge on any atom is -0.360 e. The molecule has 1 N–H and O–H groups in total. The number of H-pyrrole nitrogens is 1. The monoisotopic (exact) mass is 327 g/mol. The quantitative estimate of drug-likeness (QED) is 0.732. The van der Waals surface area contributed by atoms with E-state index < -0.39 is 0 Å². The largest absolute Gasteiger partial charge is 0.360 e. The number of aromatic amines is 1. The smallest absolute Gasteiger partial charge is 0.200 e. The Kier molecular flexibility index (Phi) is 3.24. The summed E-state index contributed by atoms with van der Waals surface area (Å²) in [6, 6.07) is 14.2. The molecular weight excluding hydrogens is 318 g/mol. The highest BCUT2D eigenvalue weighted by Gasteiger charge is 2.14. The molecule has 0 aliphatic carbocycles. The van der Waals surface area contributed by atoms with Gasteiger partial charge in [-0.1, -0.05) is 46.3 Å². The third-order valence-corrected chi connectivity index (χ3v) is 3.62. The zero-order valence-corrected chi connectivity index (χ0v) is 12.0. The van der Waals surface area contributed by atoms with Gasteiger partial charge in [-0.15, -0.1) is 0 Å². The number of hydrogen-bond donors (Lipinski definition) is 1. The topological polar surface area (TPSA) is 49.9 Å². The number of fused-ring (bicyclic) bond motifs is 1. The highest BCUT2D eigenvalue weighted by molar-refractivity contribution is 9.10. The Balaban J connectivity index is 2.20. The van der Waals surface area contributed by atoms with Gasteiger partial charge in [0.25, 0.3) is 0 Å². The molecule has 20 heavy (non-hydrogen) atoms. The fraction of sp³-hybridized carbons (Fsp3) is 0. The molecule has 0 unspecified atom stereocenters. The van der Waals surface area contributed by atoms with Gasteiger partial charge in [-0.3, -0.25) is 9.59 Å². The Morgan fingerprint density at radius 1 is 1.05 bits per heavy atom. The Morgan fingerprint density at radius 2 is 1.80 bits per heavy atom. The second-order valence-electron chi connectivity index (χ2n) is 4.42. The van der Waals surface area contributed by atoms with Crippen LogP contribution in [0.4, 0.5) is 0 Å². The van der Waals surface area contributed by atoms with Crippen molar-refractivity contribution < 1.29 is 4.79 Å². The number of halogens is 1. The van der Waals surface area contributed by atoms with Crippen molar-refractivity contribution >= 4 is 32.6 Å². The van der Waals surface area contributed by atoms with Crippen LogP contribution in [-0.2, 0) is 0 Å². The van der Waals surface area contributed by atoms with Crippen LogP contribution < -0.4 is 5.43 Å². The molecule has 3 nitrogen and oxygen atoms in total.